The van der Waals surface area contributed by atoms with Gasteiger partial charge in [-0.05, 0) is 66.7 Å². The van der Waals surface area contributed by atoms with E-state index >= 15 is 0 Å². The van der Waals surface area contributed by atoms with E-state index in [2.05, 4.69) is 57.3 Å². The molecule has 0 aliphatic heterocycles. The average molecular weight is 683 g/mol. The normalized spacial score (nSPS) is 14.2. The van der Waals surface area contributed by atoms with Crippen molar-refractivity contribution in [3.63, 3.8) is 0 Å². The lowest BCUT2D eigenvalue weighted by atomic mass is 9.88. The van der Waals surface area contributed by atoms with Crippen LogP contribution in [0.4, 0.5) is 0 Å². The molecule has 3 aromatic rings. The zero-order valence-corrected chi connectivity index (χ0v) is 26.2. The number of rotatable bonds is 16. The lowest BCUT2D eigenvalue weighted by Gasteiger charge is -2.28. The molecule has 0 bridgehead atoms. The monoisotopic (exact) mass is 682 g/mol. The second-order valence-electron chi connectivity index (χ2n) is 9.47. The Balaban J connectivity index is 1.65. The lowest BCUT2D eigenvalue weighted by molar-refractivity contribution is 0.0237. The summed E-state index contributed by atoms with van der Waals surface area (Å²) in [6, 6.07) is 23.9. The molecular formula is C31H37Cl2IN2O3. The fraction of sp³-hybridized carbons (Fsp3) is 0.387. The van der Waals surface area contributed by atoms with Crippen molar-refractivity contribution in [1.82, 2.24) is 5.32 Å². The first-order valence-corrected chi connectivity index (χ1v) is 15.4. The summed E-state index contributed by atoms with van der Waals surface area (Å²) in [4.78, 5) is 5.22. The van der Waals surface area contributed by atoms with Crippen LogP contribution in [0.15, 0.2) is 78.0 Å². The van der Waals surface area contributed by atoms with E-state index in [1.807, 2.05) is 49.4 Å². The van der Waals surface area contributed by atoms with E-state index < -0.39 is 5.60 Å². The highest BCUT2D eigenvalue weighted by atomic mass is 127. The van der Waals surface area contributed by atoms with Crippen LogP contribution >= 0.6 is 45.8 Å². The number of hydrogen-bond donors (Lipinski definition) is 2. The van der Waals surface area contributed by atoms with Crippen molar-refractivity contribution in [2.45, 2.75) is 48.7 Å². The summed E-state index contributed by atoms with van der Waals surface area (Å²) in [5, 5.41) is 20.1. The molecule has 0 heterocycles. The Labute approximate surface area is 256 Å². The molecule has 0 radical (unpaired) electrons. The van der Waals surface area contributed by atoms with E-state index in [9.17, 15) is 5.11 Å². The highest BCUT2D eigenvalue weighted by Gasteiger charge is 2.26. The molecular weight excluding hydrogens is 646 g/mol. The first-order chi connectivity index (χ1) is 18.9. The number of ether oxygens (including phenoxy) is 1. The summed E-state index contributed by atoms with van der Waals surface area (Å²) in [6.45, 7) is 4.19. The minimum Gasteiger partial charge on any atom is -0.399 e. The second kappa shape index (κ2) is 16.6. The summed E-state index contributed by atoms with van der Waals surface area (Å²) in [7, 11) is 1.54. The van der Waals surface area contributed by atoms with Crippen LogP contribution in [0.25, 0.3) is 0 Å². The molecule has 3 aromatic carbocycles. The number of halogens is 3. The predicted molar refractivity (Wildman–Crippen MR) is 170 cm³/mol. The van der Waals surface area contributed by atoms with Crippen molar-refractivity contribution in [1.29, 1.82) is 0 Å². The molecule has 0 aromatic heterocycles. The number of hydrogen-bond acceptors (Lipinski definition) is 5. The first kappa shape index (κ1) is 31.8. The van der Waals surface area contributed by atoms with E-state index in [1.54, 1.807) is 13.2 Å². The molecule has 0 fully saturated rings. The van der Waals surface area contributed by atoms with Gasteiger partial charge in [-0.25, -0.2) is 0 Å². The van der Waals surface area contributed by atoms with Gasteiger partial charge in [-0.3, -0.25) is 0 Å². The average Bonchev–Trinajstić information content (AvgIpc) is 2.97. The van der Waals surface area contributed by atoms with Crippen LogP contribution in [-0.4, -0.2) is 37.6 Å². The summed E-state index contributed by atoms with van der Waals surface area (Å²) in [6.07, 6.45) is 2.00. The summed E-state index contributed by atoms with van der Waals surface area (Å²) in [5.74, 6) is -0.0900. The third-order valence-electron chi connectivity index (χ3n) is 6.87. The Bertz CT molecular complexity index is 1180. The molecule has 39 heavy (non-hydrogen) atoms. The van der Waals surface area contributed by atoms with E-state index in [-0.39, 0.29) is 5.92 Å². The molecule has 0 aliphatic rings. The molecule has 0 saturated heterocycles. The van der Waals surface area contributed by atoms with Gasteiger partial charge in [0.1, 0.15) is 7.11 Å². The molecule has 5 nitrogen and oxygen atoms in total. The van der Waals surface area contributed by atoms with Crippen LogP contribution in [0.3, 0.4) is 0 Å². The Hall–Kier alpha value is -1.68. The highest BCUT2D eigenvalue weighted by Crippen LogP contribution is 2.30. The number of alkyl halides is 1. The van der Waals surface area contributed by atoms with E-state index in [4.69, 9.17) is 32.8 Å². The van der Waals surface area contributed by atoms with E-state index in [0.717, 1.165) is 33.3 Å². The fourth-order valence-corrected chi connectivity index (χ4v) is 5.32. The highest BCUT2D eigenvalue weighted by molar-refractivity contribution is 14.1. The predicted octanol–water partition coefficient (Wildman–Crippen LogP) is 7.90. The quantitative estimate of drug-likeness (QED) is 0.0530. The van der Waals surface area contributed by atoms with Crippen molar-refractivity contribution >= 4 is 51.5 Å². The third kappa shape index (κ3) is 9.73. The fourth-order valence-electron chi connectivity index (χ4n) is 4.50. The lowest BCUT2D eigenvalue weighted by Crippen LogP contribution is -2.31. The standard InChI is InChI=1S/C31H37Cl2IN2O3/c1-3-31(37,26-7-5-4-6-8-26)16-18-35-17-15-27(25-13-14-28(32)29(33)19-25)30(36-38-2)22-39-21-24-11-9-23(20-34)10-12-24/h4-14,19,27,35,37H,3,15-18,20-22H2,1-2H3/b36-30+. The topological polar surface area (TPSA) is 63.1 Å². The number of benzene rings is 3. The minimum absolute atomic E-state index is 0.0900. The first-order valence-electron chi connectivity index (χ1n) is 13.1. The van der Waals surface area contributed by atoms with Crippen molar-refractivity contribution in [3.8, 4) is 0 Å². The van der Waals surface area contributed by atoms with Crippen LogP contribution in [0.1, 0.15) is 54.4 Å². The molecule has 210 valence electrons. The smallest absolute Gasteiger partial charge is 0.106 e. The molecule has 8 heteroatoms. The Kier molecular flexibility index (Phi) is 13.5. The molecule has 0 amide bonds. The van der Waals surface area contributed by atoms with Crippen molar-refractivity contribution in [3.05, 3.63) is 105 Å². The zero-order valence-electron chi connectivity index (χ0n) is 22.5. The molecule has 2 atom stereocenters. The van der Waals surface area contributed by atoms with Gasteiger partial charge in [0.2, 0.25) is 0 Å². The Morgan fingerprint density at radius 3 is 2.36 bits per heavy atom. The Morgan fingerprint density at radius 2 is 1.72 bits per heavy atom. The maximum Gasteiger partial charge on any atom is 0.106 e. The second-order valence-corrected chi connectivity index (χ2v) is 11.1. The van der Waals surface area contributed by atoms with Crippen LogP contribution in [0.2, 0.25) is 10.0 Å². The maximum atomic E-state index is 11.2. The maximum absolute atomic E-state index is 11.2. The molecule has 2 unspecified atom stereocenters. The zero-order chi connectivity index (χ0) is 28.1. The molecule has 2 N–H and O–H groups in total. The molecule has 0 spiro atoms. The third-order valence-corrected chi connectivity index (χ3v) is 8.49. The van der Waals surface area contributed by atoms with Crippen LogP contribution in [0, 0.1) is 0 Å². The van der Waals surface area contributed by atoms with Gasteiger partial charge < -0.3 is 20.0 Å². The Morgan fingerprint density at radius 1 is 1.00 bits per heavy atom. The number of nitrogens with zero attached hydrogens (tertiary/aromatic N) is 1. The van der Waals surface area contributed by atoms with Gasteiger partial charge >= 0.3 is 0 Å². The van der Waals surface area contributed by atoms with Crippen molar-refractivity contribution in [2.24, 2.45) is 5.16 Å². The number of oxime groups is 1. The minimum atomic E-state index is -0.858. The number of nitrogens with one attached hydrogen (secondary N) is 1. The molecule has 0 aliphatic carbocycles. The molecule has 3 rings (SSSR count). The van der Waals surface area contributed by atoms with Crippen LogP contribution in [0.5, 0.6) is 0 Å². The van der Waals surface area contributed by atoms with Gasteiger partial charge in [-0.15, -0.1) is 0 Å². The van der Waals surface area contributed by atoms with E-state index in [1.165, 1.54) is 5.56 Å². The van der Waals surface area contributed by atoms with Gasteiger partial charge in [0, 0.05) is 10.3 Å². The summed E-state index contributed by atoms with van der Waals surface area (Å²) < 4.78 is 7.05. The van der Waals surface area contributed by atoms with Gasteiger partial charge in [0.15, 0.2) is 0 Å². The van der Waals surface area contributed by atoms with Crippen LogP contribution in [-0.2, 0) is 26.2 Å². The van der Waals surface area contributed by atoms with Gasteiger partial charge in [-0.1, -0.05) is 119 Å². The van der Waals surface area contributed by atoms with Crippen molar-refractivity contribution < 1.29 is 14.7 Å². The SMILES string of the molecule is CCC(O)(CCNCCC(/C(COCc1ccc(CI)cc1)=N/OC)c1ccc(Cl)c(Cl)c1)c1ccccc1. The van der Waals surface area contributed by atoms with Crippen LogP contribution < -0.4 is 5.32 Å². The van der Waals surface area contributed by atoms with Crippen molar-refractivity contribution in [2.75, 3.05) is 26.8 Å². The van der Waals surface area contributed by atoms with E-state index in [0.29, 0.717) is 49.2 Å². The summed E-state index contributed by atoms with van der Waals surface area (Å²) in [5.41, 5.74) is 4.24. The molecule has 0 saturated carbocycles. The number of aliphatic hydroxyl groups is 1. The largest absolute Gasteiger partial charge is 0.399 e. The van der Waals surface area contributed by atoms with Gasteiger partial charge in [0.25, 0.3) is 0 Å². The van der Waals surface area contributed by atoms with Gasteiger partial charge in [-0.2, -0.15) is 0 Å². The van der Waals surface area contributed by atoms with Gasteiger partial charge in [0.05, 0.1) is 34.6 Å². The summed E-state index contributed by atoms with van der Waals surface area (Å²) >= 11 is 14.9.